The molecule has 0 spiro atoms. The van der Waals surface area contributed by atoms with Crippen molar-refractivity contribution in [1.82, 2.24) is 10.2 Å². The molecule has 1 aliphatic carbocycles. The first-order valence-corrected chi connectivity index (χ1v) is 6.01. The van der Waals surface area contributed by atoms with Gasteiger partial charge in [0.15, 0.2) is 0 Å². The van der Waals surface area contributed by atoms with Crippen molar-refractivity contribution in [2.24, 2.45) is 5.41 Å². The number of nitrogens with one attached hydrogen (secondary N) is 1. The van der Waals surface area contributed by atoms with Crippen LogP contribution in [0.15, 0.2) is 0 Å². The fourth-order valence-electron chi connectivity index (χ4n) is 2.33. The molecule has 2 rings (SSSR count). The van der Waals surface area contributed by atoms with Gasteiger partial charge in [0, 0.05) is 32.1 Å². The molecule has 2 fully saturated rings. The number of likely N-dealkylation sites (tertiary alicyclic amines) is 1. The second-order valence-electron chi connectivity index (χ2n) is 5.55. The van der Waals surface area contributed by atoms with Crippen LogP contribution in [0.25, 0.3) is 0 Å². The Morgan fingerprint density at radius 1 is 1.53 bits per heavy atom. The van der Waals surface area contributed by atoms with Gasteiger partial charge < -0.3 is 10.2 Å². The van der Waals surface area contributed by atoms with E-state index in [-0.39, 0.29) is 0 Å². The summed E-state index contributed by atoms with van der Waals surface area (Å²) in [5.41, 5.74) is 0.528. The van der Waals surface area contributed by atoms with Crippen LogP contribution in [-0.2, 0) is 4.79 Å². The molecule has 1 saturated heterocycles. The van der Waals surface area contributed by atoms with Crippen molar-refractivity contribution in [3.05, 3.63) is 0 Å². The van der Waals surface area contributed by atoms with Gasteiger partial charge in [-0.15, -0.1) is 0 Å². The zero-order valence-electron chi connectivity index (χ0n) is 10.0. The summed E-state index contributed by atoms with van der Waals surface area (Å²) >= 11 is 0. The van der Waals surface area contributed by atoms with E-state index in [0.29, 0.717) is 29.8 Å². The molecule has 15 heavy (non-hydrogen) atoms. The minimum atomic E-state index is 0.290. The Morgan fingerprint density at radius 2 is 2.20 bits per heavy atom. The van der Waals surface area contributed by atoms with Gasteiger partial charge in [0.1, 0.15) is 0 Å². The van der Waals surface area contributed by atoms with E-state index in [0.717, 1.165) is 13.0 Å². The van der Waals surface area contributed by atoms with Crippen LogP contribution in [0.1, 0.15) is 39.5 Å². The van der Waals surface area contributed by atoms with Crippen LogP contribution >= 0.6 is 0 Å². The predicted octanol–water partition coefficient (Wildman–Crippen LogP) is 1.39. The van der Waals surface area contributed by atoms with Crippen LogP contribution < -0.4 is 5.32 Å². The van der Waals surface area contributed by atoms with E-state index in [4.69, 9.17) is 0 Å². The summed E-state index contributed by atoms with van der Waals surface area (Å²) in [6.45, 7) is 5.51. The molecular weight excluding hydrogens is 188 g/mol. The van der Waals surface area contributed by atoms with Crippen molar-refractivity contribution < 1.29 is 4.79 Å². The van der Waals surface area contributed by atoms with Crippen molar-refractivity contribution in [3.63, 3.8) is 0 Å². The highest BCUT2D eigenvalue weighted by atomic mass is 16.2. The highest BCUT2D eigenvalue weighted by molar-refractivity contribution is 5.76. The standard InChI is InChI=1S/C12H22N2O/c1-9(12(2)6-7-12)13-10-4-5-11(15)14(3)8-10/h9-10,13H,4-8H2,1-3H3. The maximum atomic E-state index is 11.3. The van der Waals surface area contributed by atoms with Gasteiger partial charge in [-0.2, -0.15) is 0 Å². The fraction of sp³-hybridized carbons (Fsp3) is 0.917. The zero-order chi connectivity index (χ0) is 11.1. The summed E-state index contributed by atoms with van der Waals surface area (Å²) in [5, 5.41) is 3.68. The SMILES string of the molecule is CC(NC1CCC(=O)N(C)C1)C1(C)CC1. The molecule has 2 unspecified atom stereocenters. The van der Waals surface area contributed by atoms with Crippen molar-refractivity contribution in [2.75, 3.05) is 13.6 Å². The molecule has 1 N–H and O–H groups in total. The van der Waals surface area contributed by atoms with Crippen LogP contribution in [0, 0.1) is 5.41 Å². The highest BCUT2D eigenvalue weighted by Crippen LogP contribution is 2.48. The first kappa shape index (κ1) is 10.9. The van der Waals surface area contributed by atoms with Gasteiger partial charge >= 0.3 is 0 Å². The van der Waals surface area contributed by atoms with E-state index in [2.05, 4.69) is 19.2 Å². The van der Waals surface area contributed by atoms with E-state index in [9.17, 15) is 4.79 Å². The summed E-state index contributed by atoms with van der Waals surface area (Å²) in [6.07, 6.45) is 4.41. The molecule has 0 aromatic heterocycles. The molecule has 86 valence electrons. The Hall–Kier alpha value is -0.570. The number of piperidine rings is 1. The Bertz CT molecular complexity index is 260. The number of carbonyl (C=O) groups excluding carboxylic acids is 1. The maximum Gasteiger partial charge on any atom is 0.222 e. The third kappa shape index (κ3) is 2.33. The molecule has 1 saturated carbocycles. The lowest BCUT2D eigenvalue weighted by molar-refractivity contribution is -0.132. The first-order chi connectivity index (χ1) is 7.01. The number of likely N-dealkylation sites (N-methyl/N-ethyl adjacent to an activating group) is 1. The molecule has 0 aromatic rings. The third-order valence-corrected chi connectivity index (χ3v) is 4.20. The third-order valence-electron chi connectivity index (χ3n) is 4.20. The smallest absolute Gasteiger partial charge is 0.222 e. The second-order valence-corrected chi connectivity index (χ2v) is 5.55. The zero-order valence-corrected chi connectivity index (χ0v) is 10.0. The van der Waals surface area contributed by atoms with Gasteiger partial charge in [0.25, 0.3) is 0 Å². The molecule has 1 amide bonds. The normalized spacial score (nSPS) is 31.5. The Balaban J connectivity index is 1.82. The lowest BCUT2D eigenvalue weighted by Gasteiger charge is -2.34. The van der Waals surface area contributed by atoms with E-state index >= 15 is 0 Å². The monoisotopic (exact) mass is 210 g/mol. The molecule has 2 atom stereocenters. The van der Waals surface area contributed by atoms with E-state index in [1.807, 2.05) is 11.9 Å². The number of nitrogens with zero attached hydrogens (tertiary/aromatic N) is 1. The number of hydrogen-bond acceptors (Lipinski definition) is 2. The molecular formula is C12H22N2O. The van der Waals surface area contributed by atoms with Gasteiger partial charge in [-0.1, -0.05) is 6.92 Å². The van der Waals surface area contributed by atoms with Gasteiger partial charge in [0.05, 0.1) is 0 Å². The average molecular weight is 210 g/mol. The number of carbonyl (C=O) groups is 1. The van der Waals surface area contributed by atoms with Gasteiger partial charge in [-0.3, -0.25) is 4.79 Å². The second kappa shape index (κ2) is 3.78. The summed E-state index contributed by atoms with van der Waals surface area (Å²) in [5.74, 6) is 0.290. The number of rotatable bonds is 3. The largest absolute Gasteiger partial charge is 0.344 e. The van der Waals surface area contributed by atoms with E-state index < -0.39 is 0 Å². The molecule has 1 aliphatic heterocycles. The van der Waals surface area contributed by atoms with E-state index in [1.54, 1.807) is 0 Å². The minimum Gasteiger partial charge on any atom is -0.344 e. The maximum absolute atomic E-state index is 11.3. The van der Waals surface area contributed by atoms with Crippen LogP contribution in [0.3, 0.4) is 0 Å². The topological polar surface area (TPSA) is 32.3 Å². The van der Waals surface area contributed by atoms with Crippen molar-refractivity contribution in [3.8, 4) is 0 Å². The summed E-state index contributed by atoms with van der Waals surface area (Å²) < 4.78 is 0. The van der Waals surface area contributed by atoms with Gasteiger partial charge in [-0.25, -0.2) is 0 Å². The van der Waals surface area contributed by atoms with Gasteiger partial charge in [0.2, 0.25) is 5.91 Å². The molecule has 3 heteroatoms. The number of hydrogen-bond donors (Lipinski definition) is 1. The fourth-order valence-corrected chi connectivity index (χ4v) is 2.33. The molecule has 0 bridgehead atoms. The number of amides is 1. The molecule has 1 heterocycles. The lowest BCUT2D eigenvalue weighted by Crippen LogP contribution is -2.50. The van der Waals surface area contributed by atoms with Crippen LogP contribution in [0.4, 0.5) is 0 Å². The minimum absolute atomic E-state index is 0.290. The Morgan fingerprint density at radius 3 is 2.73 bits per heavy atom. The highest BCUT2D eigenvalue weighted by Gasteiger charge is 2.43. The Kier molecular flexibility index (Phi) is 2.75. The van der Waals surface area contributed by atoms with Gasteiger partial charge in [-0.05, 0) is 31.6 Å². The van der Waals surface area contributed by atoms with E-state index in [1.165, 1.54) is 12.8 Å². The molecule has 0 radical (unpaired) electrons. The molecule has 3 nitrogen and oxygen atoms in total. The van der Waals surface area contributed by atoms with Crippen LogP contribution in [-0.4, -0.2) is 36.5 Å². The molecule has 0 aromatic carbocycles. The Labute approximate surface area is 92.2 Å². The first-order valence-electron chi connectivity index (χ1n) is 6.01. The van der Waals surface area contributed by atoms with Crippen molar-refractivity contribution >= 4 is 5.91 Å². The summed E-state index contributed by atoms with van der Waals surface area (Å²) in [6, 6.07) is 1.09. The van der Waals surface area contributed by atoms with Crippen molar-refractivity contribution in [1.29, 1.82) is 0 Å². The van der Waals surface area contributed by atoms with Crippen molar-refractivity contribution in [2.45, 2.75) is 51.6 Å². The summed E-state index contributed by atoms with van der Waals surface area (Å²) in [4.78, 5) is 13.2. The van der Waals surface area contributed by atoms with Crippen LogP contribution in [0.5, 0.6) is 0 Å². The lowest BCUT2D eigenvalue weighted by atomic mass is 9.97. The predicted molar refractivity (Wildman–Crippen MR) is 60.6 cm³/mol. The summed E-state index contributed by atoms with van der Waals surface area (Å²) in [7, 11) is 1.90. The quantitative estimate of drug-likeness (QED) is 0.763. The average Bonchev–Trinajstić information content (AvgIpc) is 2.92. The molecule has 2 aliphatic rings. The van der Waals surface area contributed by atoms with Crippen LogP contribution in [0.2, 0.25) is 0 Å².